The van der Waals surface area contributed by atoms with Crippen molar-refractivity contribution in [2.75, 3.05) is 6.26 Å². The molecule has 0 aliphatic carbocycles. The Morgan fingerprint density at radius 3 is 2.14 bits per heavy atom. The molecule has 2 aromatic rings. The SMILES string of the molecule is Cc1cc(F)c(C(O)c2ccc(S(C)(=O)=O)cc2)cc1F. The second-order valence-electron chi connectivity index (χ2n) is 4.87. The predicted octanol–water partition coefficient (Wildman–Crippen LogP) is 2.76. The predicted molar refractivity (Wildman–Crippen MR) is 74.7 cm³/mol. The molecule has 0 aliphatic heterocycles. The Morgan fingerprint density at radius 2 is 1.62 bits per heavy atom. The van der Waals surface area contributed by atoms with E-state index in [1.807, 2.05) is 0 Å². The van der Waals surface area contributed by atoms with Gasteiger partial charge in [-0.15, -0.1) is 0 Å². The monoisotopic (exact) mass is 312 g/mol. The van der Waals surface area contributed by atoms with Crippen LogP contribution in [0.15, 0.2) is 41.3 Å². The molecule has 0 saturated carbocycles. The Morgan fingerprint density at radius 1 is 1.05 bits per heavy atom. The lowest BCUT2D eigenvalue weighted by atomic mass is 9.99. The average molecular weight is 312 g/mol. The van der Waals surface area contributed by atoms with Crippen LogP contribution >= 0.6 is 0 Å². The summed E-state index contributed by atoms with van der Waals surface area (Å²) in [7, 11) is -3.35. The maximum Gasteiger partial charge on any atom is 0.175 e. The Balaban J connectivity index is 2.41. The highest BCUT2D eigenvalue weighted by Gasteiger charge is 2.18. The molecule has 0 aliphatic rings. The summed E-state index contributed by atoms with van der Waals surface area (Å²) in [5, 5.41) is 10.1. The highest BCUT2D eigenvalue weighted by Crippen LogP contribution is 2.27. The minimum atomic E-state index is -3.35. The Kier molecular flexibility index (Phi) is 4.11. The van der Waals surface area contributed by atoms with Crippen molar-refractivity contribution in [3.05, 3.63) is 64.7 Å². The fourth-order valence-electron chi connectivity index (χ4n) is 1.95. The van der Waals surface area contributed by atoms with Crippen LogP contribution in [0, 0.1) is 18.6 Å². The number of halogens is 2. The molecular weight excluding hydrogens is 298 g/mol. The molecule has 112 valence electrons. The van der Waals surface area contributed by atoms with E-state index in [2.05, 4.69) is 0 Å². The van der Waals surface area contributed by atoms with E-state index in [0.29, 0.717) is 0 Å². The van der Waals surface area contributed by atoms with Gasteiger partial charge in [0.05, 0.1) is 4.90 Å². The van der Waals surface area contributed by atoms with Crippen molar-refractivity contribution in [2.24, 2.45) is 0 Å². The summed E-state index contributed by atoms with van der Waals surface area (Å²) in [4.78, 5) is 0.0917. The molecule has 0 aromatic heterocycles. The lowest BCUT2D eigenvalue weighted by Gasteiger charge is -2.14. The van der Waals surface area contributed by atoms with Crippen LogP contribution in [0.5, 0.6) is 0 Å². The van der Waals surface area contributed by atoms with Crippen LogP contribution in [0.2, 0.25) is 0 Å². The molecule has 0 radical (unpaired) electrons. The summed E-state index contributed by atoms with van der Waals surface area (Å²) in [6.45, 7) is 1.43. The van der Waals surface area contributed by atoms with Crippen molar-refractivity contribution in [3.63, 3.8) is 0 Å². The first-order valence-corrected chi connectivity index (χ1v) is 8.03. The molecule has 0 saturated heterocycles. The molecule has 3 nitrogen and oxygen atoms in total. The van der Waals surface area contributed by atoms with Crippen LogP contribution in [0.3, 0.4) is 0 Å². The second kappa shape index (κ2) is 5.54. The summed E-state index contributed by atoms with van der Waals surface area (Å²) in [5.41, 5.74) is 0.241. The number of sulfone groups is 1. The Bertz CT molecular complexity index is 768. The summed E-state index contributed by atoms with van der Waals surface area (Å²) in [5.74, 6) is -1.33. The van der Waals surface area contributed by atoms with Gasteiger partial charge in [-0.3, -0.25) is 0 Å². The van der Waals surface area contributed by atoms with Gasteiger partial charge in [-0.25, -0.2) is 17.2 Å². The molecule has 0 heterocycles. The smallest absolute Gasteiger partial charge is 0.175 e. The van der Waals surface area contributed by atoms with Crippen LogP contribution < -0.4 is 0 Å². The van der Waals surface area contributed by atoms with Gasteiger partial charge in [0.1, 0.15) is 17.7 Å². The number of aryl methyl sites for hydroxylation is 1. The van der Waals surface area contributed by atoms with Crippen molar-refractivity contribution >= 4 is 9.84 Å². The van der Waals surface area contributed by atoms with Crippen LogP contribution in [-0.2, 0) is 9.84 Å². The summed E-state index contributed by atoms with van der Waals surface area (Å²) in [6.07, 6.45) is -0.304. The molecule has 1 unspecified atom stereocenters. The standard InChI is InChI=1S/C15H14F2O3S/c1-9-7-14(17)12(8-13(9)16)15(18)10-3-5-11(6-4-10)21(2,19)20/h3-8,15,18H,1-2H3. The average Bonchev–Trinajstić information content (AvgIpc) is 2.41. The Hall–Kier alpha value is -1.79. The van der Waals surface area contributed by atoms with Gasteiger partial charge in [-0.05, 0) is 42.3 Å². The summed E-state index contributed by atoms with van der Waals surface area (Å²) < 4.78 is 50.0. The van der Waals surface area contributed by atoms with Gasteiger partial charge in [0.15, 0.2) is 9.84 Å². The van der Waals surface area contributed by atoms with E-state index in [1.165, 1.54) is 31.2 Å². The number of hydrogen-bond donors (Lipinski definition) is 1. The molecule has 0 spiro atoms. The number of benzene rings is 2. The minimum Gasteiger partial charge on any atom is -0.384 e. The zero-order chi connectivity index (χ0) is 15.8. The quantitative estimate of drug-likeness (QED) is 0.948. The van der Waals surface area contributed by atoms with Crippen molar-refractivity contribution < 1.29 is 22.3 Å². The lowest BCUT2D eigenvalue weighted by Crippen LogP contribution is -2.05. The highest BCUT2D eigenvalue weighted by atomic mass is 32.2. The maximum absolute atomic E-state index is 13.8. The minimum absolute atomic E-state index is 0.0917. The second-order valence-corrected chi connectivity index (χ2v) is 6.88. The van der Waals surface area contributed by atoms with Crippen molar-refractivity contribution in [1.29, 1.82) is 0 Å². The van der Waals surface area contributed by atoms with E-state index in [4.69, 9.17) is 0 Å². The topological polar surface area (TPSA) is 54.4 Å². The van der Waals surface area contributed by atoms with Crippen LogP contribution in [-0.4, -0.2) is 19.8 Å². The third-order valence-corrected chi connectivity index (χ3v) is 4.32. The Labute approximate surface area is 121 Å². The number of aliphatic hydroxyl groups excluding tert-OH is 1. The molecule has 0 fully saturated rings. The van der Waals surface area contributed by atoms with Gasteiger partial charge < -0.3 is 5.11 Å². The molecule has 0 amide bonds. The third-order valence-electron chi connectivity index (χ3n) is 3.20. The van der Waals surface area contributed by atoms with Crippen LogP contribution in [0.1, 0.15) is 22.8 Å². The molecule has 0 bridgehead atoms. The van der Waals surface area contributed by atoms with E-state index in [0.717, 1.165) is 18.4 Å². The molecule has 2 rings (SSSR count). The fourth-order valence-corrected chi connectivity index (χ4v) is 2.58. The number of hydrogen-bond acceptors (Lipinski definition) is 3. The van der Waals surface area contributed by atoms with Gasteiger partial charge >= 0.3 is 0 Å². The largest absolute Gasteiger partial charge is 0.384 e. The van der Waals surface area contributed by atoms with E-state index < -0.39 is 27.6 Å². The van der Waals surface area contributed by atoms with Gasteiger partial charge in [-0.2, -0.15) is 0 Å². The van der Waals surface area contributed by atoms with Gasteiger partial charge in [0.2, 0.25) is 0 Å². The van der Waals surface area contributed by atoms with Crippen LogP contribution in [0.4, 0.5) is 8.78 Å². The third kappa shape index (κ3) is 3.28. The summed E-state index contributed by atoms with van der Waals surface area (Å²) >= 11 is 0. The molecule has 6 heteroatoms. The van der Waals surface area contributed by atoms with E-state index in [-0.39, 0.29) is 21.6 Å². The van der Waals surface area contributed by atoms with Crippen molar-refractivity contribution in [2.45, 2.75) is 17.9 Å². The molecular formula is C15H14F2O3S. The van der Waals surface area contributed by atoms with Gasteiger partial charge in [0.25, 0.3) is 0 Å². The highest BCUT2D eigenvalue weighted by molar-refractivity contribution is 7.90. The van der Waals surface area contributed by atoms with E-state index >= 15 is 0 Å². The number of rotatable bonds is 3. The maximum atomic E-state index is 13.8. The molecule has 21 heavy (non-hydrogen) atoms. The van der Waals surface area contributed by atoms with E-state index in [9.17, 15) is 22.3 Å². The first kappa shape index (κ1) is 15.6. The summed E-state index contributed by atoms with van der Waals surface area (Å²) in [6, 6.07) is 7.34. The lowest BCUT2D eigenvalue weighted by molar-refractivity contribution is 0.214. The van der Waals surface area contributed by atoms with E-state index in [1.54, 1.807) is 0 Å². The van der Waals surface area contributed by atoms with Crippen molar-refractivity contribution in [3.8, 4) is 0 Å². The molecule has 1 N–H and O–H groups in total. The zero-order valence-electron chi connectivity index (χ0n) is 11.5. The molecule has 2 aromatic carbocycles. The number of aliphatic hydroxyl groups is 1. The van der Waals surface area contributed by atoms with Gasteiger partial charge in [-0.1, -0.05) is 12.1 Å². The first-order valence-electron chi connectivity index (χ1n) is 6.14. The zero-order valence-corrected chi connectivity index (χ0v) is 12.3. The van der Waals surface area contributed by atoms with Crippen LogP contribution in [0.25, 0.3) is 0 Å². The first-order chi connectivity index (χ1) is 9.70. The fraction of sp³-hybridized carbons (Fsp3) is 0.200. The normalized spacial score (nSPS) is 13.2. The van der Waals surface area contributed by atoms with Gasteiger partial charge in [0, 0.05) is 11.8 Å². The molecule has 1 atom stereocenters. The van der Waals surface area contributed by atoms with Crippen molar-refractivity contribution in [1.82, 2.24) is 0 Å².